The highest BCUT2D eigenvalue weighted by Gasteiger charge is 1.99. The number of ether oxygens (including phenoxy) is 4. The summed E-state index contributed by atoms with van der Waals surface area (Å²) in [5.74, 6) is 0. The van der Waals surface area contributed by atoms with Crippen molar-refractivity contribution >= 4 is 6.09 Å². The summed E-state index contributed by atoms with van der Waals surface area (Å²) in [4.78, 5) is 11.1. The van der Waals surface area contributed by atoms with Gasteiger partial charge in [0, 0.05) is 13.7 Å². The van der Waals surface area contributed by atoms with Gasteiger partial charge < -0.3 is 24.3 Å². The molecule has 1 N–H and O–H groups in total. The number of amides is 1. The van der Waals surface area contributed by atoms with Crippen LogP contribution in [0.4, 0.5) is 4.79 Å². The minimum Gasteiger partial charge on any atom is -0.447 e. The van der Waals surface area contributed by atoms with E-state index in [9.17, 15) is 4.79 Å². The molecular weight excluding hydrogens is 238 g/mol. The number of carbonyl (C=O) groups is 1. The van der Waals surface area contributed by atoms with Crippen LogP contribution in [0.1, 0.15) is 19.8 Å². The number of carbonyl (C=O) groups excluding carboxylic acids is 1. The van der Waals surface area contributed by atoms with E-state index < -0.39 is 0 Å². The first kappa shape index (κ1) is 17.2. The van der Waals surface area contributed by atoms with E-state index in [4.69, 9.17) is 18.9 Å². The summed E-state index contributed by atoms with van der Waals surface area (Å²) in [7, 11) is 1.63. The molecule has 0 saturated carbocycles. The van der Waals surface area contributed by atoms with Crippen LogP contribution in [-0.2, 0) is 18.9 Å². The third kappa shape index (κ3) is 13.2. The van der Waals surface area contributed by atoms with Crippen molar-refractivity contribution in [3.8, 4) is 0 Å². The van der Waals surface area contributed by atoms with Crippen molar-refractivity contribution in [3.05, 3.63) is 0 Å². The molecule has 1 amide bonds. The quantitative estimate of drug-likeness (QED) is 0.536. The Bertz CT molecular complexity index is 189. The maximum absolute atomic E-state index is 11.1. The van der Waals surface area contributed by atoms with Crippen LogP contribution in [0.25, 0.3) is 0 Å². The van der Waals surface area contributed by atoms with E-state index in [-0.39, 0.29) is 12.7 Å². The van der Waals surface area contributed by atoms with Crippen molar-refractivity contribution in [2.75, 3.05) is 53.3 Å². The van der Waals surface area contributed by atoms with Gasteiger partial charge in [-0.1, -0.05) is 13.3 Å². The molecule has 0 unspecified atom stereocenters. The summed E-state index contributed by atoms with van der Waals surface area (Å²) in [5, 5.41) is 2.65. The van der Waals surface area contributed by atoms with Gasteiger partial charge in [-0.05, 0) is 6.42 Å². The molecule has 0 spiro atoms. The number of methoxy groups -OCH3 is 1. The Labute approximate surface area is 109 Å². The monoisotopic (exact) mass is 263 g/mol. The molecule has 0 heterocycles. The average molecular weight is 263 g/mol. The summed E-state index contributed by atoms with van der Waals surface area (Å²) in [6.45, 7) is 5.53. The highest BCUT2D eigenvalue weighted by Crippen LogP contribution is 1.85. The lowest BCUT2D eigenvalue weighted by Gasteiger charge is -2.07. The normalized spacial score (nSPS) is 10.3. The second-order valence-corrected chi connectivity index (χ2v) is 3.63. The van der Waals surface area contributed by atoms with Crippen LogP contribution < -0.4 is 5.32 Å². The zero-order chi connectivity index (χ0) is 13.5. The molecule has 0 rings (SSSR count). The molecule has 0 aromatic carbocycles. The van der Waals surface area contributed by atoms with Crippen LogP contribution >= 0.6 is 0 Å². The highest BCUT2D eigenvalue weighted by molar-refractivity contribution is 5.66. The molecule has 0 aliphatic rings. The first-order valence-corrected chi connectivity index (χ1v) is 6.36. The molecule has 0 saturated heterocycles. The minimum absolute atomic E-state index is 0.260. The lowest BCUT2D eigenvalue weighted by Crippen LogP contribution is -2.26. The lowest BCUT2D eigenvalue weighted by atomic mass is 10.3. The summed E-state index contributed by atoms with van der Waals surface area (Å²) < 4.78 is 20.1. The largest absolute Gasteiger partial charge is 0.447 e. The van der Waals surface area contributed by atoms with E-state index in [1.807, 2.05) is 0 Å². The van der Waals surface area contributed by atoms with Gasteiger partial charge >= 0.3 is 6.09 Å². The standard InChI is InChI=1S/C12H25NO5/c1-3-4-5-13-12(14)18-11-10-17-9-8-16-7-6-15-2/h3-11H2,1-2H3,(H,13,14). The van der Waals surface area contributed by atoms with Crippen LogP contribution in [0.15, 0.2) is 0 Å². The first-order valence-electron chi connectivity index (χ1n) is 6.36. The van der Waals surface area contributed by atoms with Gasteiger partial charge in [0.05, 0.1) is 33.0 Å². The molecular formula is C12H25NO5. The number of nitrogens with one attached hydrogen (secondary N) is 1. The molecule has 0 atom stereocenters. The first-order chi connectivity index (χ1) is 8.81. The Morgan fingerprint density at radius 3 is 2.22 bits per heavy atom. The molecule has 18 heavy (non-hydrogen) atoms. The number of unbranched alkanes of at least 4 members (excludes halogenated alkanes) is 1. The molecule has 0 aliphatic carbocycles. The molecule has 6 heteroatoms. The van der Waals surface area contributed by atoms with Crippen molar-refractivity contribution in [2.24, 2.45) is 0 Å². The van der Waals surface area contributed by atoms with Crippen LogP contribution in [0.5, 0.6) is 0 Å². The lowest BCUT2D eigenvalue weighted by molar-refractivity contribution is 0.0131. The number of rotatable bonds is 12. The Hall–Kier alpha value is -0.850. The van der Waals surface area contributed by atoms with E-state index in [2.05, 4.69) is 12.2 Å². The van der Waals surface area contributed by atoms with Crippen molar-refractivity contribution in [2.45, 2.75) is 19.8 Å². The van der Waals surface area contributed by atoms with Gasteiger partial charge in [0.15, 0.2) is 0 Å². The number of alkyl carbamates (subject to hydrolysis) is 1. The second-order valence-electron chi connectivity index (χ2n) is 3.63. The highest BCUT2D eigenvalue weighted by atomic mass is 16.6. The summed E-state index contributed by atoms with van der Waals surface area (Å²) >= 11 is 0. The SMILES string of the molecule is CCCCNC(=O)OCCOCCOCCOC. The maximum atomic E-state index is 11.1. The Balaban J connectivity index is 3.08. The second kappa shape index (κ2) is 14.2. The van der Waals surface area contributed by atoms with Crippen molar-refractivity contribution < 1.29 is 23.7 Å². The fourth-order valence-electron chi connectivity index (χ4n) is 1.08. The minimum atomic E-state index is -0.386. The molecule has 0 aromatic heterocycles. The van der Waals surface area contributed by atoms with Gasteiger partial charge in [0.25, 0.3) is 0 Å². The van der Waals surface area contributed by atoms with Crippen LogP contribution in [-0.4, -0.2) is 59.4 Å². The fraction of sp³-hybridized carbons (Fsp3) is 0.917. The smallest absolute Gasteiger partial charge is 0.407 e. The Kier molecular flexibility index (Phi) is 13.5. The third-order valence-electron chi connectivity index (χ3n) is 2.06. The Morgan fingerprint density at radius 1 is 1.00 bits per heavy atom. The number of hydrogen-bond acceptors (Lipinski definition) is 5. The third-order valence-corrected chi connectivity index (χ3v) is 2.06. The molecule has 6 nitrogen and oxygen atoms in total. The molecule has 0 bridgehead atoms. The van der Waals surface area contributed by atoms with Crippen molar-refractivity contribution in [1.29, 1.82) is 0 Å². The van der Waals surface area contributed by atoms with E-state index in [1.165, 1.54) is 0 Å². The zero-order valence-corrected chi connectivity index (χ0v) is 11.4. The van der Waals surface area contributed by atoms with E-state index in [0.29, 0.717) is 39.6 Å². The van der Waals surface area contributed by atoms with Gasteiger partial charge in [-0.25, -0.2) is 4.79 Å². The van der Waals surface area contributed by atoms with Crippen LogP contribution in [0, 0.1) is 0 Å². The molecule has 0 radical (unpaired) electrons. The van der Waals surface area contributed by atoms with Crippen molar-refractivity contribution in [1.82, 2.24) is 5.32 Å². The van der Waals surface area contributed by atoms with E-state index >= 15 is 0 Å². The molecule has 0 aromatic rings. The summed E-state index contributed by atoms with van der Waals surface area (Å²) in [6, 6.07) is 0. The van der Waals surface area contributed by atoms with Gasteiger partial charge in [0.2, 0.25) is 0 Å². The van der Waals surface area contributed by atoms with E-state index in [1.54, 1.807) is 7.11 Å². The molecule has 0 aliphatic heterocycles. The Morgan fingerprint density at radius 2 is 1.61 bits per heavy atom. The fourth-order valence-corrected chi connectivity index (χ4v) is 1.08. The van der Waals surface area contributed by atoms with Crippen molar-refractivity contribution in [3.63, 3.8) is 0 Å². The van der Waals surface area contributed by atoms with Gasteiger partial charge in [0.1, 0.15) is 6.61 Å². The predicted octanol–water partition coefficient (Wildman–Crippen LogP) is 1.19. The zero-order valence-electron chi connectivity index (χ0n) is 11.4. The van der Waals surface area contributed by atoms with Gasteiger partial charge in [-0.3, -0.25) is 0 Å². The number of hydrogen-bond donors (Lipinski definition) is 1. The molecule has 0 fully saturated rings. The van der Waals surface area contributed by atoms with Crippen LogP contribution in [0.3, 0.4) is 0 Å². The van der Waals surface area contributed by atoms with Gasteiger partial charge in [-0.2, -0.15) is 0 Å². The summed E-state index contributed by atoms with van der Waals surface area (Å²) in [5.41, 5.74) is 0. The van der Waals surface area contributed by atoms with Crippen LogP contribution in [0.2, 0.25) is 0 Å². The summed E-state index contributed by atoms with van der Waals surface area (Å²) in [6.07, 6.45) is 1.63. The van der Waals surface area contributed by atoms with Gasteiger partial charge in [-0.15, -0.1) is 0 Å². The van der Waals surface area contributed by atoms with E-state index in [0.717, 1.165) is 12.8 Å². The average Bonchev–Trinajstić information content (AvgIpc) is 2.37. The topological polar surface area (TPSA) is 66.0 Å². The molecule has 108 valence electrons. The predicted molar refractivity (Wildman–Crippen MR) is 67.8 cm³/mol. The maximum Gasteiger partial charge on any atom is 0.407 e.